The first-order chi connectivity index (χ1) is 6.22. The number of benzene rings is 1. The van der Waals surface area contributed by atoms with Gasteiger partial charge in [-0.15, -0.1) is 11.6 Å². The van der Waals surface area contributed by atoms with E-state index >= 15 is 0 Å². The molecule has 0 N–H and O–H groups in total. The third kappa shape index (κ3) is 1.25. The summed E-state index contributed by atoms with van der Waals surface area (Å²) in [6, 6.07) is 5.46. The molecule has 0 amide bonds. The van der Waals surface area contributed by atoms with Crippen molar-refractivity contribution in [2.24, 2.45) is 7.05 Å². The summed E-state index contributed by atoms with van der Waals surface area (Å²) >= 11 is 5.67. The molecular weight excluding hydrogens is 190 g/mol. The Hall–Kier alpha value is -1.22. The Kier molecular flexibility index (Phi) is 1.88. The molecule has 0 saturated heterocycles. The van der Waals surface area contributed by atoms with Gasteiger partial charge in [0.15, 0.2) is 5.58 Å². The first kappa shape index (κ1) is 8.38. The number of rotatable bonds is 1. The minimum atomic E-state index is -0.346. The predicted octanol–water partition coefficient (Wildman–Crippen LogP) is 1.87. The van der Waals surface area contributed by atoms with Gasteiger partial charge in [0.2, 0.25) is 0 Å². The van der Waals surface area contributed by atoms with Gasteiger partial charge in [0.05, 0.1) is 5.52 Å². The van der Waals surface area contributed by atoms with E-state index in [0.29, 0.717) is 11.5 Å². The van der Waals surface area contributed by atoms with Crippen molar-refractivity contribution in [2.45, 2.75) is 5.88 Å². The highest BCUT2D eigenvalue weighted by atomic mass is 35.5. The van der Waals surface area contributed by atoms with Crippen molar-refractivity contribution in [1.82, 2.24) is 4.57 Å². The van der Waals surface area contributed by atoms with Crippen molar-refractivity contribution >= 4 is 22.7 Å². The topological polar surface area (TPSA) is 35.1 Å². The van der Waals surface area contributed by atoms with E-state index in [1.54, 1.807) is 13.1 Å². The molecule has 1 heterocycles. The third-order valence-electron chi connectivity index (χ3n) is 2.01. The summed E-state index contributed by atoms with van der Waals surface area (Å²) in [5, 5.41) is 0. The zero-order valence-corrected chi connectivity index (χ0v) is 7.84. The summed E-state index contributed by atoms with van der Waals surface area (Å²) in [5.74, 6) is 0.0942. The monoisotopic (exact) mass is 197 g/mol. The Morgan fingerprint density at radius 3 is 3.00 bits per heavy atom. The van der Waals surface area contributed by atoms with Gasteiger partial charge in [-0.25, -0.2) is 4.79 Å². The van der Waals surface area contributed by atoms with Gasteiger partial charge in [0.1, 0.15) is 0 Å². The lowest BCUT2D eigenvalue weighted by atomic mass is 10.2. The Morgan fingerprint density at radius 1 is 1.54 bits per heavy atom. The highest BCUT2D eigenvalue weighted by molar-refractivity contribution is 6.17. The predicted molar refractivity (Wildman–Crippen MR) is 51.0 cm³/mol. The van der Waals surface area contributed by atoms with Crippen LogP contribution in [0.25, 0.3) is 11.1 Å². The van der Waals surface area contributed by atoms with Crippen LogP contribution < -0.4 is 5.76 Å². The fraction of sp³-hybridized carbons (Fsp3) is 0.222. The van der Waals surface area contributed by atoms with Crippen LogP contribution in [0.1, 0.15) is 5.56 Å². The number of oxazole rings is 1. The van der Waals surface area contributed by atoms with Crippen LogP contribution in [0.15, 0.2) is 27.4 Å². The van der Waals surface area contributed by atoms with Crippen molar-refractivity contribution in [3.63, 3.8) is 0 Å². The van der Waals surface area contributed by atoms with Crippen molar-refractivity contribution in [2.75, 3.05) is 0 Å². The number of hydrogen-bond donors (Lipinski definition) is 0. The maximum absolute atomic E-state index is 11.1. The van der Waals surface area contributed by atoms with Crippen molar-refractivity contribution < 1.29 is 4.42 Å². The standard InChI is InChI=1S/C9H8ClNO2/c1-11-7-4-6(5-10)2-3-8(7)13-9(11)12/h2-4H,5H2,1H3. The summed E-state index contributed by atoms with van der Waals surface area (Å²) < 4.78 is 6.43. The summed E-state index contributed by atoms with van der Waals surface area (Å²) in [4.78, 5) is 11.1. The molecule has 0 aliphatic heterocycles. The summed E-state index contributed by atoms with van der Waals surface area (Å²) in [7, 11) is 1.67. The fourth-order valence-corrected chi connectivity index (χ4v) is 1.42. The normalized spacial score (nSPS) is 10.9. The Morgan fingerprint density at radius 2 is 2.31 bits per heavy atom. The zero-order valence-electron chi connectivity index (χ0n) is 7.08. The molecule has 0 bridgehead atoms. The Labute approximate surface area is 79.5 Å². The maximum atomic E-state index is 11.1. The molecule has 0 saturated carbocycles. The van der Waals surface area contributed by atoms with Crippen LogP contribution in [0.2, 0.25) is 0 Å². The molecule has 0 fully saturated rings. The van der Waals surface area contributed by atoms with Gasteiger partial charge in [-0.3, -0.25) is 4.57 Å². The van der Waals surface area contributed by atoms with Gasteiger partial charge >= 0.3 is 5.76 Å². The molecule has 0 unspecified atom stereocenters. The van der Waals surface area contributed by atoms with E-state index in [0.717, 1.165) is 11.1 Å². The van der Waals surface area contributed by atoms with Crippen LogP contribution in [0.3, 0.4) is 0 Å². The van der Waals surface area contributed by atoms with E-state index in [9.17, 15) is 4.79 Å². The second-order valence-electron chi connectivity index (χ2n) is 2.86. The van der Waals surface area contributed by atoms with Crippen LogP contribution >= 0.6 is 11.6 Å². The van der Waals surface area contributed by atoms with Crippen LogP contribution in [0.5, 0.6) is 0 Å². The van der Waals surface area contributed by atoms with Crippen molar-refractivity contribution in [1.29, 1.82) is 0 Å². The first-order valence-corrected chi connectivity index (χ1v) is 4.40. The molecule has 0 radical (unpaired) electrons. The molecule has 68 valence electrons. The summed E-state index contributed by atoms with van der Waals surface area (Å²) in [5.41, 5.74) is 2.36. The van der Waals surface area contributed by atoms with Crippen molar-refractivity contribution in [3.8, 4) is 0 Å². The smallest absolute Gasteiger partial charge is 0.408 e. The second-order valence-corrected chi connectivity index (χ2v) is 3.13. The highest BCUT2D eigenvalue weighted by Crippen LogP contribution is 2.15. The third-order valence-corrected chi connectivity index (χ3v) is 2.32. The SMILES string of the molecule is Cn1c(=O)oc2ccc(CCl)cc21. The number of aromatic nitrogens is 1. The number of aryl methyl sites for hydroxylation is 1. The maximum Gasteiger partial charge on any atom is 0.419 e. The van der Waals surface area contributed by atoms with Crippen molar-refractivity contribution in [3.05, 3.63) is 34.3 Å². The molecule has 0 aliphatic carbocycles. The summed E-state index contributed by atoms with van der Waals surface area (Å²) in [6.45, 7) is 0. The molecule has 0 atom stereocenters. The molecule has 1 aromatic carbocycles. The lowest BCUT2D eigenvalue weighted by Gasteiger charge is -1.94. The average molecular weight is 198 g/mol. The number of fused-ring (bicyclic) bond motifs is 1. The molecule has 2 rings (SSSR count). The van der Waals surface area contributed by atoms with E-state index in [4.69, 9.17) is 16.0 Å². The minimum Gasteiger partial charge on any atom is -0.408 e. The Bertz CT molecular complexity index is 498. The summed E-state index contributed by atoms with van der Waals surface area (Å²) in [6.07, 6.45) is 0. The highest BCUT2D eigenvalue weighted by Gasteiger charge is 2.05. The zero-order chi connectivity index (χ0) is 9.42. The number of halogens is 1. The van der Waals surface area contributed by atoms with E-state index in [1.165, 1.54) is 4.57 Å². The molecule has 3 nitrogen and oxygen atoms in total. The minimum absolute atomic E-state index is 0.346. The molecule has 0 spiro atoms. The molecule has 2 aromatic rings. The number of nitrogens with zero attached hydrogens (tertiary/aromatic N) is 1. The number of hydrogen-bond acceptors (Lipinski definition) is 2. The molecule has 4 heteroatoms. The molecular formula is C9H8ClNO2. The van der Waals surface area contributed by atoms with Gasteiger partial charge in [0.25, 0.3) is 0 Å². The quantitative estimate of drug-likeness (QED) is 0.655. The van der Waals surface area contributed by atoms with Gasteiger partial charge in [0, 0.05) is 12.9 Å². The van der Waals surface area contributed by atoms with Crippen LogP contribution in [0, 0.1) is 0 Å². The number of alkyl halides is 1. The largest absolute Gasteiger partial charge is 0.419 e. The van der Waals surface area contributed by atoms with Gasteiger partial charge in [-0.05, 0) is 17.7 Å². The van der Waals surface area contributed by atoms with Crippen LogP contribution in [-0.2, 0) is 12.9 Å². The average Bonchev–Trinajstić information content (AvgIpc) is 2.43. The van der Waals surface area contributed by atoms with Gasteiger partial charge in [-0.2, -0.15) is 0 Å². The fourth-order valence-electron chi connectivity index (χ4n) is 1.26. The second kappa shape index (κ2) is 2.92. The lowest BCUT2D eigenvalue weighted by molar-refractivity contribution is 0.528. The first-order valence-electron chi connectivity index (χ1n) is 3.87. The van der Waals surface area contributed by atoms with Gasteiger partial charge < -0.3 is 4.42 Å². The van der Waals surface area contributed by atoms with E-state index in [-0.39, 0.29) is 5.76 Å². The lowest BCUT2D eigenvalue weighted by Crippen LogP contribution is -2.08. The van der Waals surface area contributed by atoms with E-state index in [1.807, 2.05) is 12.1 Å². The molecule has 13 heavy (non-hydrogen) atoms. The van der Waals surface area contributed by atoms with E-state index in [2.05, 4.69) is 0 Å². The van der Waals surface area contributed by atoms with Gasteiger partial charge in [-0.1, -0.05) is 6.07 Å². The van der Waals surface area contributed by atoms with Crippen LogP contribution in [-0.4, -0.2) is 4.57 Å². The molecule has 0 aliphatic rings. The molecule has 1 aromatic heterocycles. The van der Waals surface area contributed by atoms with Crippen LogP contribution in [0.4, 0.5) is 0 Å². The Balaban J connectivity index is 2.82. The van der Waals surface area contributed by atoms with E-state index < -0.39 is 0 Å².